The first-order chi connectivity index (χ1) is 10.8. The Balaban J connectivity index is 1.33. The van der Waals surface area contributed by atoms with Crippen molar-refractivity contribution in [2.75, 3.05) is 12.3 Å². The van der Waals surface area contributed by atoms with Gasteiger partial charge in [-0.1, -0.05) is 18.2 Å². The maximum atomic E-state index is 11.8. The molecule has 4 nitrogen and oxygen atoms in total. The molecule has 0 saturated heterocycles. The summed E-state index contributed by atoms with van der Waals surface area (Å²) in [7, 11) is 0. The van der Waals surface area contributed by atoms with Gasteiger partial charge in [0.2, 0.25) is 5.91 Å². The molecule has 0 radical (unpaired) electrons. The van der Waals surface area contributed by atoms with Gasteiger partial charge in [-0.15, -0.1) is 11.8 Å². The molecule has 1 N–H and O–H groups in total. The van der Waals surface area contributed by atoms with Crippen molar-refractivity contribution in [2.24, 2.45) is 0 Å². The molecule has 1 amide bonds. The van der Waals surface area contributed by atoms with Crippen molar-refractivity contribution in [1.82, 2.24) is 14.9 Å². The minimum atomic E-state index is 0.122. The first-order valence-corrected chi connectivity index (χ1v) is 8.77. The molecule has 1 aliphatic rings. The molecule has 1 heterocycles. The van der Waals surface area contributed by atoms with Crippen LogP contribution in [-0.4, -0.2) is 27.8 Å². The number of nitrogens with one attached hydrogen (secondary N) is 1. The molecule has 5 heteroatoms. The second kappa shape index (κ2) is 7.49. The maximum Gasteiger partial charge on any atom is 0.220 e. The van der Waals surface area contributed by atoms with Crippen LogP contribution < -0.4 is 5.32 Å². The number of amides is 1. The molecule has 0 spiro atoms. The Bertz CT molecular complexity index is 607. The Morgan fingerprint density at radius 1 is 1.32 bits per heavy atom. The highest BCUT2D eigenvalue weighted by molar-refractivity contribution is 7.99. The summed E-state index contributed by atoms with van der Waals surface area (Å²) >= 11 is 1.72. The molecule has 1 saturated carbocycles. The fourth-order valence-corrected chi connectivity index (χ4v) is 3.27. The number of thioether (sulfide) groups is 1. The van der Waals surface area contributed by atoms with Crippen molar-refractivity contribution >= 4 is 17.7 Å². The summed E-state index contributed by atoms with van der Waals surface area (Å²) in [6, 6.07) is 10.2. The van der Waals surface area contributed by atoms with Crippen LogP contribution in [0.5, 0.6) is 0 Å². The van der Waals surface area contributed by atoms with Crippen LogP contribution in [0.25, 0.3) is 0 Å². The number of benzene rings is 1. The van der Waals surface area contributed by atoms with Crippen LogP contribution in [0, 0.1) is 0 Å². The molecule has 1 aliphatic carbocycles. The standard InChI is InChI=1S/C17H21N3OS/c21-16(8-13-22-15-4-2-1-3-5-15)18-9-11-20-12-10-19-17(20)14-6-7-14/h1-5,10,12,14H,6-9,11,13H2,(H,18,21). The van der Waals surface area contributed by atoms with Crippen molar-refractivity contribution in [1.29, 1.82) is 0 Å². The third-order valence-corrected chi connectivity index (χ3v) is 4.72. The second-order valence-electron chi connectivity index (χ2n) is 5.51. The molecule has 1 aromatic carbocycles. The van der Waals surface area contributed by atoms with Crippen molar-refractivity contribution in [2.45, 2.75) is 36.6 Å². The van der Waals surface area contributed by atoms with E-state index in [0.29, 0.717) is 18.9 Å². The number of rotatable bonds is 8. The molecule has 2 aromatic rings. The summed E-state index contributed by atoms with van der Waals surface area (Å²) < 4.78 is 2.16. The lowest BCUT2D eigenvalue weighted by Crippen LogP contribution is -2.27. The molecule has 116 valence electrons. The van der Waals surface area contributed by atoms with Crippen LogP contribution in [0.15, 0.2) is 47.6 Å². The van der Waals surface area contributed by atoms with E-state index >= 15 is 0 Å². The quantitative estimate of drug-likeness (QED) is 0.762. The summed E-state index contributed by atoms with van der Waals surface area (Å²) in [5.74, 6) is 2.76. The van der Waals surface area contributed by atoms with Gasteiger partial charge in [-0.05, 0) is 25.0 Å². The molecule has 1 fully saturated rings. The molecule has 0 bridgehead atoms. The van der Waals surface area contributed by atoms with E-state index in [4.69, 9.17) is 0 Å². The van der Waals surface area contributed by atoms with Gasteiger partial charge in [0, 0.05) is 48.5 Å². The number of carbonyl (C=O) groups excluding carboxylic acids is 1. The van der Waals surface area contributed by atoms with Gasteiger partial charge in [-0.3, -0.25) is 4.79 Å². The van der Waals surface area contributed by atoms with Crippen LogP contribution in [-0.2, 0) is 11.3 Å². The van der Waals surface area contributed by atoms with Crippen molar-refractivity contribution < 1.29 is 4.79 Å². The van der Waals surface area contributed by atoms with Crippen molar-refractivity contribution in [3.8, 4) is 0 Å². The average molecular weight is 315 g/mol. The number of nitrogens with zero attached hydrogens (tertiary/aromatic N) is 2. The second-order valence-corrected chi connectivity index (χ2v) is 6.68. The van der Waals surface area contributed by atoms with Crippen LogP contribution in [0.3, 0.4) is 0 Å². The van der Waals surface area contributed by atoms with E-state index in [1.54, 1.807) is 11.8 Å². The lowest BCUT2D eigenvalue weighted by Gasteiger charge is -2.08. The summed E-state index contributed by atoms with van der Waals surface area (Å²) in [6.07, 6.45) is 6.91. The highest BCUT2D eigenvalue weighted by atomic mass is 32.2. The first-order valence-electron chi connectivity index (χ1n) is 7.78. The van der Waals surface area contributed by atoms with Gasteiger partial charge in [0.05, 0.1) is 0 Å². The summed E-state index contributed by atoms with van der Waals surface area (Å²) in [4.78, 5) is 17.5. The largest absolute Gasteiger partial charge is 0.354 e. The highest BCUT2D eigenvalue weighted by Gasteiger charge is 2.27. The lowest BCUT2D eigenvalue weighted by atomic mass is 10.4. The topological polar surface area (TPSA) is 46.9 Å². The van der Waals surface area contributed by atoms with Gasteiger partial charge >= 0.3 is 0 Å². The van der Waals surface area contributed by atoms with E-state index < -0.39 is 0 Å². The minimum absolute atomic E-state index is 0.122. The normalized spacial score (nSPS) is 14.0. The Kier molecular flexibility index (Phi) is 5.16. The van der Waals surface area contributed by atoms with Gasteiger partial charge in [-0.2, -0.15) is 0 Å². The molecular weight excluding hydrogens is 294 g/mol. The Morgan fingerprint density at radius 2 is 2.14 bits per heavy atom. The van der Waals surface area contributed by atoms with E-state index in [-0.39, 0.29) is 5.91 Å². The maximum absolute atomic E-state index is 11.8. The van der Waals surface area contributed by atoms with Crippen LogP contribution >= 0.6 is 11.8 Å². The predicted octanol–water partition coefficient (Wildman–Crippen LogP) is 3.06. The van der Waals surface area contributed by atoms with E-state index in [1.165, 1.54) is 23.6 Å². The zero-order chi connectivity index (χ0) is 15.2. The first kappa shape index (κ1) is 15.2. The van der Waals surface area contributed by atoms with E-state index in [9.17, 15) is 4.79 Å². The van der Waals surface area contributed by atoms with Gasteiger partial charge in [0.1, 0.15) is 5.82 Å². The molecule has 0 unspecified atom stereocenters. The fourth-order valence-electron chi connectivity index (χ4n) is 2.39. The summed E-state index contributed by atoms with van der Waals surface area (Å²) in [5.41, 5.74) is 0. The van der Waals surface area contributed by atoms with E-state index in [2.05, 4.69) is 27.0 Å². The number of hydrogen-bond acceptors (Lipinski definition) is 3. The third kappa shape index (κ3) is 4.37. The van der Waals surface area contributed by atoms with Crippen LogP contribution in [0.1, 0.15) is 31.0 Å². The van der Waals surface area contributed by atoms with Crippen molar-refractivity contribution in [3.63, 3.8) is 0 Å². The SMILES string of the molecule is O=C(CCSc1ccccc1)NCCn1ccnc1C1CC1. The number of carbonyl (C=O) groups is 1. The third-order valence-electron chi connectivity index (χ3n) is 3.71. The summed E-state index contributed by atoms with van der Waals surface area (Å²) in [5, 5.41) is 2.99. The molecule has 22 heavy (non-hydrogen) atoms. The highest BCUT2D eigenvalue weighted by Crippen LogP contribution is 2.38. The molecule has 1 aromatic heterocycles. The van der Waals surface area contributed by atoms with Gasteiger partial charge in [0.25, 0.3) is 0 Å². The van der Waals surface area contributed by atoms with E-state index in [1.807, 2.05) is 30.6 Å². The molecule has 0 atom stereocenters. The van der Waals surface area contributed by atoms with Crippen molar-refractivity contribution in [3.05, 3.63) is 48.5 Å². The van der Waals surface area contributed by atoms with Gasteiger partial charge in [0.15, 0.2) is 0 Å². The van der Waals surface area contributed by atoms with Crippen LogP contribution in [0.4, 0.5) is 0 Å². The summed E-state index contributed by atoms with van der Waals surface area (Å²) in [6.45, 7) is 1.48. The fraction of sp³-hybridized carbons (Fsp3) is 0.412. The number of imidazole rings is 1. The Labute approximate surface area is 135 Å². The number of hydrogen-bond donors (Lipinski definition) is 1. The molecular formula is C17H21N3OS. The Hall–Kier alpha value is -1.75. The molecule has 3 rings (SSSR count). The Morgan fingerprint density at radius 3 is 2.91 bits per heavy atom. The van der Waals surface area contributed by atoms with Gasteiger partial charge < -0.3 is 9.88 Å². The zero-order valence-electron chi connectivity index (χ0n) is 12.6. The van der Waals surface area contributed by atoms with Crippen LogP contribution in [0.2, 0.25) is 0 Å². The average Bonchev–Trinajstić information content (AvgIpc) is 3.28. The minimum Gasteiger partial charge on any atom is -0.354 e. The predicted molar refractivity (Wildman–Crippen MR) is 89.0 cm³/mol. The molecule has 0 aliphatic heterocycles. The number of aromatic nitrogens is 2. The smallest absolute Gasteiger partial charge is 0.220 e. The monoisotopic (exact) mass is 315 g/mol. The van der Waals surface area contributed by atoms with Gasteiger partial charge in [-0.25, -0.2) is 4.98 Å². The zero-order valence-corrected chi connectivity index (χ0v) is 13.4. The lowest BCUT2D eigenvalue weighted by molar-refractivity contribution is -0.120. The van der Waals surface area contributed by atoms with E-state index in [0.717, 1.165) is 12.3 Å².